The smallest absolute Gasteiger partial charge is 0.254 e. The summed E-state index contributed by atoms with van der Waals surface area (Å²) in [6.45, 7) is 2.57. The molecule has 37 heavy (non-hydrogen) atoms. The first kappa shape index (κ1) is 23.6. The van der Waals surface area contributed by atoms with E-state index >= 15 is 0 Å². The largest absolute Gasteiger partial charge is 0.381 e. The number of hydrogen-bond acceptors (Lipinski definition) is 6. The summed E-state index contributed by atoms with van der Waals surface area (Å²) < 4.78 is 7.38. The third kappa shape index (κ3) is 5.08. The summed E-state index contributed by atoms with van der Waals surface area (Å²) in [5.74, 6) is 0.544. The molecule has 6 rings (SSSR count). The van der Waals surface area contributed by atoms with E-state index in [1.54, 1.807) is 18.7 Å². The van der Waals surface area contributed by atoms with Crippen molar-refractivity contribution in [2.24, 2.45) is 0 Å². The molecular formula is C28H26ClN6O2. The summed E-state index contributed by atoms with van der Waals surface area (Å²) >= 11 is 6.47. The highest BCUT2D eigenvalue weighted by Gasteiger charge is 2.28. The molecule has 0 atom stereocenters. The molecule has 0 saturated carbocycles. The Morgan fingerprint density at radius 1 is 1.14 bits per heavy atom. The topological polar surface area (TPSA) is 85.2 Å². The number of hydrogen-bond donors (Lipinski definition) is 1. The van der Waals surface area contributed by atoms with Crippen molar-refractivity contribution in [2.75, 3.05) is 25.1 Å². The molecule has 0 spiro atoms. The molecule has 187 valence electrons. The van der Waals surface area contributed by atoms with E-state index in [2.05, 4.69) is 26.7 Å². The summed E-state index contributed by atoms with van der Waals surface area (Å²) in [5.41, 5.74) is 5.21. The predicted octanol–water partition coefficient (Wildman–Crippen LogP) is 4.78. The van der Waals surface area contributed by atoms with Crippen LogP contribution >= 0.6 is 11.6 Å². The summed E-state index contributed by atoms with van der Waals surface area (Å²) in [7, 11) is 0. The second kappa shape index (κ2) is 10.3. The lowest BCUT2D eigenvalue weighted by atomic mass is 10.0. The van der Waals surface area contributed by atoms with E-state index in [1.165, 1.54) is 0 Å². The lowest BCUT2D eigenvalue weighted by Crippen LogP contribution is -2.28. The van der Waals surface area contributed by atoms with Crippen LogP contribution in [0.3, 0.4) is 0 Å². The van der Waals surface area contributed by atoms with Gasteiger partial charge < -0.3 is 19.5 Å². The molecule has 2 aromatic carbocycles. The average molecular weight is 514 g/mol. The Bertz CT molecular complexity index is 1400. The lowest BCUT2D eigenvalue weighted by molar-refractivity contribution is 0.0792. The Morgan fingerprint density at radius 3 is 2.76 bits per heavy atom. The van der Waals surface area contributed by atoms with E-state index in [4.69, 9.17) is 16.3 Å². The van der Waals surface area contributed by atoms with Crippen LogP contribution in [0.4, 0.5) is 5.95 Å². The van der Waals surface area contributed by atoms with E-state index in [-0.39, 0.29) is 11.9 Å². The second-order valence-electron chi connectivity index (χ2n) is 9.24. The number of ether oxygens (including phenoxy) is 1. The first-order chi connectivity index (χ1) is 18.1. The molecule has 1 saturated heterocycles. The van der Waals surface area contributed by atoms with Crippen LogP contribution in [-0.2, 0) is 11.3 Å². The summed E-state index contributed by atoms with van der Waals surface area (Å²) in [6, 6.07) is 14.3. The maximum atomic E-state index is 13.2. The van der Waals surface area contributed by atoms with E-state index < -0.39 is 0 Å². The van der Waals surface area contributed by atoms with Gasteiger partial charge in [0, 0.05) is 68.0 Å². The molecule has 1 radical (unpaired) electrons. The minimum Gasteiger partial charge on any atom is -0.381 e. The van der Waals surface area contributed by atoms with Gasteiger partial charge >= 0.3 is 0 Å². The van der Waals surface area contributed by atoms with Gasteiger partial charge in [0.25, 0.3) is 5.91 Å². The van der Waals surface area contributed by atoms with Crippen molar-refractivity contribution >= 4 is 23.5 Å². The minimum atomic E-state index is 0.00821. The Morgan fingerprint density at radius 2 is 1.97 bits per heavy atom. The molecule has 8 nitrogen and oxygen atoms in total. The van der Waals surface area contributed by atoms with Crippen molar-refractivity contribution in [2.45, 2.75) is 25.4 Å². The fraction of sp³-hybridized carbons (Fsp3) is 0.250. The third-order valence-corrected chi connectivity index (χ3v) is 7.08. The van der Waals surface area contributed by atoms with E-state index in [1.807, 2.05) is 58.1 Å². The number of anilines is 1. The van der Waals surface area contributed by atoms with Crippen molar-refractivity contribution in [1.29, 1.82) is 0 Å². The van der Waals surface area contributed by atoms with Crippen LogP contribution in [0.5, 0.6) is 0 Å². The van der Waals surface area contributed by atoms with Crippen LogP contribution in [-0.4, -0.2) is 56.1 Å². The van der Waals surface area contributed by atoms with Crippen molar-refractivity contribution in [1.82, 2.24) is 24.4 Å². The molecule has 0 aliphatic carbocycles. The highest BCUT2D eigenvalue weighted by Crippen LogP contribution is 2.32. The molecule has 0 bridgehead atoms. The number of benzene rings is 2. The zero-order valence-electron chi connectivity index (χ0n) is 20.2. The third-order valence-electron chi connectivity index (χ3n) is 6.80. The summed E-state index contributed by atoms with van der Waals surface area (Å²) in [6.07, 6.45) is 10.9. The van der Waals surface area contributed by atoms with Gasteiger partial charge in [0.1, 0.15) is 0 Å². The molecule has 1 N–H and O–H groups in total. The number of nitrogens with zero attached hydrogens (tertiary/aromatic N) is 5. The average Bonchev–Trinajstić information content (AvgIpc) is 3.58. The normalized spacial score (nSPS) is 15.7. The van der Waals surface area contributed by atoms with Gasteiger partial charge in [-0.25, -0.2) is 15.0 Å². The highest BCUT2D eigenvalue weighted by atomic mass is 35.5. The minimum absolute atomic E-state index is 0.00821. The molecule has 1 amide bonds. The first-order valence-corrected chi connectivity index (χ1v) is 12.7. The van der Waals surface area contributed by atoms with Gasteiger partial charge in [0.15, 0.2) is 0 Å². The number of carbonyl (C=O) groups excluding carboxylic acids is 1. The number of halogens is 1. The second-order valence-corrected chi connectivity index (χ2v) is 9.65. The summed E-state index contributed by atoms with van der Waals surface area (Å²) in [4.78, 5) is 28.2. The molecule has 1 fully saturated rings. The van der Waals surface area contributed by atoms with Gasteiger partial charge in [-0.15, -0.1) is 0 Å². The van der Waals surface area contributed by atoms with Gasteiger partial charge in [-0.3, -0.25) is 4.79 Å². The fourth-order valence-electron chi connectivity index (χ4n) is 4.73. The van der Waals surface area contributed by atoms with Crippen molar-refractivity contribution in [3.8, 4) is 16.9 Å². The molecule has 2 aliphatic heterocycles. The van der Waals surface area contributed by atoms with Crippen LogP contribution in [0.2, 0.25) is 5.02 Å². The van der Waals surface area contributed by atoms with E-state index in [9.17, 15) is 4.79 Å². The number of imidazole rings is 1. The van der Waals surface area contributed by atoms with Gasteiger partial charge in [0.2, 0.25) is 5.95 Å². The number of aromatic nitrogens is 4. The molecule has 2 aromatic heterocycles. The number of rotatable bonds is 7. The molecule has 4 heterocycles. The van der Waals surface area contributed by atoms with E-state index in [0.717, 1.165) is 48.4 Å². The van der Waals surface area contributed by atoms with Crippen LogP contribution in [0.1, 0.15) is 34.3 Å². The SMILES string of the molecule is O=C1c2cc(-c3nc(NC4CCOCC4)ncc3Cl)ccc2CN1C[CH]c1ccc(-n2ccnc2)cc1. The van der Waals surface area contributed by atoms with Crippen molar-refractivity contribution in [3.63, 3.8) is 0 Å². The standard InChI is InChI=1S/C28H26ClN6O2/c29-25-16-31-28(32-22-8-13-37-14-9-22)33-26(25)20-3-4-21-17-34(27(36)24(21)15-20)11-7-19-1-5-23(6-2-19)35-12-10-30-18-35/h1-7,10,12,15-16,18,22H,8-9,11,13-14,17H2,(H,31,32,33). The lowest BCUT2D eigenvalue weighted by Gasteiger charge is -2.23. The van der Waals surface area contributed by atoms with Gasteiger partial charge in [0.05, 0.1) is 23.2 Å². The molecule has 9 heteroatoms. The van der Waals surface area contributed by atoms with E-state index in [0.29, 0.717) is 35.3 Å². The fourth-order valence-corrected chi connectivity index (χ4v) is 4.93. The van der Waals surface area contributed by atoms with Crippen molar-refractivity contribution in [3.05, 3.63) is 95.5 Å². The first-order valence-electron chi connectivity index (χ1n) is 12.3. The maximum Gasteiger partial charge on any atom is 0.254 e. The Kier molecular flexibility index (Phi) is 6.59. The van der Waals surface area contributed by atoms with Gasteiger partial charge in [-0.1, -0.05) is 35.9 Å². The maximum absolute atomic E-state index is 13.2. The molecule has 0 unspecified atom stereocenters. The number of fused-ring (bicyclic) bond motifs is 1. The van der Waals surface area contributed by atoms with Crippen LogP contribution in [0.25, 0.3) is 16.9 Å². The number of amides is 1. The zero-order chi connectivity index (χ0) is 25.2. The Balaban J connectivity index is 1.14. The molecule has 4 aromatic rings. The number of carbonyl (C=O) groups is 1. The Labute approximate surface area is 220 Å². The predicted molar refractivity (Wildman–Crippen MR) is 142 cm³/mol. The van der Waals surface area contributed by atoms with Crippen LogP contribution in [0, 0.1) is 6.42 Å². The van der Waals surface area contributed by atoms with Gasteiger partial charge in [-0.2, -0.15) is 0 Å². The Hall–Kier alpha value is -3.75. The quantitative estimate of drug-likeness (QED) is 0.383. The van der Waals surface area contributed by atoms with Crippen LogP contribution in [0.15, 0.2) is 67.4 Å². The molecule has 2 aliphatic rings. The van der Waals surface area contributed by atoms with Crippen LogP contribution < -0.4 is 5.32 Å². The summed E-state index contributed by atoms with van der Waals surface area (Å²) in [5, 5.41) is 3.84. The van der Waals surface area contributed by atoms with Crippen molar-refractivity contribution < 1.29 is 9.53 Å². The highest BCUT2D eigenvalue weighted by molar-refractivity contribution is 6.33. The molecular weight excluding hydrogens is 488 g/mol. The zero-order valence-corrected chi connectivity index (χ0v) is 20.9. The monoisotopic (exact) mass is 513 g/mol. The van der Waals surface area contributed by atoms with Gasteiger partial charge in [-0.05, 0) is 42.2 Å². The number of nitrogens with one attached hydrogen (secondary N) is 1.